The summed E-state index contributed by atoms with van der Waals surface area (Å²) in [4.78, 5) is 84.8. The third kappa shape index (κ3) is 16.2. The van der Waals surface area contributed by atoms with E-state index in [0.29, 0.717) is 6.29 Å². The molecule has 0 spiro atoms. The maximum Gasteiger partial charge on any atom is 0.339 e. The molecule has 1 aliphatic rings. The molecule has 1 heterocycles. The molecular weight excluding hydrogens is 519 g/mol. The molecule has 7 N–H and O–H groups in total. The Hall–Kier alpha value is -0.570. The molecule has 0 unspecified atom stereocenters. The van der Waals surface area contributed by atoms with E-state index in [1.54, 1.807) is 4.90 Å². The summed E-state index contributed by atoms with van der Waals surface area (Å²) in [6.07, 6.45) is -1.29. The largest absolute Gasteiger partial charge is 0.348 e. The minimum atomic E-state index is -4.46. The molecule has 0 bridgehead atoms. The lowest BCUT2D eigenvalue weighted by molar-refractivity contribution is -0.123. The van der Waals surface area contributed by atoms with Gasteiger partial charge in [-0.1, -0.05) is 0 Å². The lowest BCUT2D eigenvalue weighted by Gasteiger charge is -2.34. The van der Waals surface area contributed by atoms with Gasteiger partial charge in [0.05, 0.1) is 13.1 Å². The Bertz CT molecular complexity index is 761. The van der Waals surface area contributed by atoms with Crippen LogP contribution in [0.1, 0.15) is 0 Å². The van der Waals surface area contributed by atoms with Crippen molar-refractivity contribution >= 4 is 35.0 Å². The summed E-state index contributed by atoms with van der Waals surface area (Å²) in [5, 5.41) is 2.39. The molecule has 1 aliphatic heterocycles. The second-order valence-electron chi connectivity index (χ2n) is 8.02. The zero-order valence-electron chi connectivity index (χ0n) is 18.6. The molecule has 19 heteroatoms. The zero-order valence-corrected chi connectivity index (χ0v) is 21.3. The molecule has 1 saturated heterocycles. The molecule has 0 atom stereocenters. The lowest BCUT2D eigenvalue weighted by Crippen LogP contribution is -2.48. The van der Waals surface area contributed by atoms with Gasteiger partial charge >= 0.3 is 22.8 Å². The van der Waals surface area contributed by atoms with E-state index in [0.717, 1.165) is 0 Å². The van der Waals surface area contributed by atoms with Crippen LogP contribution in [0.15, 0.2) is 0 Å². The highest BCUT2D eigenvalue weighted by Crippen LogP contribution is 2.37. The maximum atomic E-state index is 12.1. The predicted molar refractivity (Wildman–Crippen MR) is 121 cm³/mol. The molecule has 200 valence electrons. The second-order valence-corrected chi connectivity index (χ2v) is 12.9. The Kier molecular flexibility index (Phi) is 13.2. The number of amides is 1. The molecule has 0 saturated carbocycles. The predicted octanol–water partition coefficient (Wildman–Crippen LogP) is -3.07. The van der Waals surface area contributed by atoms with E-state index in [1.165, 1.54) is 14.7 Å². The SMILES string of the molecule is O=CCNC(=O)CN1CCN(CP(=O)(O)O)CCN(CP(=O)(O)O)CCN(CP(=O)(O)O)CC1. The first-order chi connectivity index (χ1) is 15.6. The van der Waals surface area contributed by atoms with E-state index >= 15 is 0 Å². The van der Waals surface area contributed by atoms with E-state index in [2.05, 4.69) is 5.32 Å². The van der Waals surface area contributed by atoms with Gasteiger partial charge in [0, 0.05) is 52.4 Å². The van der Waals surface area contributed by atoms with E-state index in [9.17, 15) is 52.6 Å². The average molecular weight is 553 g/mol. The first-order valence-electron chi connectivity index (χ1n) is 10.3. The summed E-state index contributed by atoms with van der Waals surface area (Å²) in [5.74, 6) is -0.463. The second kappa shape index (κ2) is 14.2. The number of hydrogen-bond donors (Lipinski definition) is 7. The molecule has 1 fully saturated rings. The monoisotopic (exact) mass is 553 g/mol. The summed E-state index contributed by atoms with van der Waals surface area (Å²) < 4.78 is 34.6. The number of nitrogens with zero attached hydrogens (tertiary/aromatic N) is 4. The Balaban J connectivity index is 3.07. The number of hydrogen-bond acceptors (Lipinski definition) is 9. The maximum absolute atomic E-state index is 12.1. The van der Waals surface area contributed by atoms with Gasteiger partial charge in [-0.05, 0) is 0 Å². The number of rotatable bonds is 10. The van der Waals surface area contributed by atoms with Gasteiger partial charge in [-0.15, -0.1) is 0 Å². The van der Waals surface area contributed by atoms with E-state index in [1.807, 2.05) is 0 Å². The van der Waals surface area contributed by atoms with Crippen LogP contribution in [0, 0.1) is 0 Å². The molecule has 0 aromatic rings. The molecule has 0 aromatic heterocycles. The fraction of sp³-hybridized carbons (Fsp3) is 0.867. The smallest absolute Gasteiger partial charge is 0.339 e. The quantitative estimate of drug-likeness (QED) is 0.105. The Morgan fingerprint density at radius 1 is 0.647 bits per heavy atom. The van der Waals surface area contributed by atoms with Crippen molar-refractivity contribution in [3.63, 3.8) is 0 Å². The number of carbonyl (C=O) groups is 2. The van der Waals surface area contributed by atoms with Gasteiger partial charge in [-0.25, -0.2) is 0 Å². The van der Waals surface area contributed by atoms with Crippen molar-refractivity contribution in [2.75, 3.05) is 84.3 Å². The van der Waals surface area contributed by atoms with Crippen molar-refractivity contribution in [3.8, 4) is 0 Å². The van der Waals surface area contributed by atoms with Crippen LogP contribution in [0.25, 0.3) is 0 Å². The van der Waals surface area contributed by atoms with Gasteiger partial charge in [0.1, 0.15) is 25.1 Å². The Labute approximate surface area is 197 Å². The van der Waals surface area contributed by atoms with Gasteiger partial charge in [0.2, 0.25) is 5.91 Å². The highest BCUT2D eigenvalue weighted by atomic mass is 31.2. The Morgan fingerprint density at radius 2 is 0.941 bits per heavy atom. The summed E-state index contributed by atoms with van der Waals surface area (Å²) in [5.41, 5.74) is 0. The van der Waals surface area contributed by atoms with Gasteiger partial charge in [0.25, 0.3) is 0 Å². The first-order valence-corrected chi connectivity index (χ1v) is 15.7. The molecule has 16 nitrogen and oxygen atoms in total. The summed E-state index contributed by atoms with van der Waals surface area (Å²) in [6.45, 7) is 0.380. The fourth-order valence-electron chi connectivity index (χ4n) is 3.36. The van der Waals surface area contributed by atoms with Crippen LogP contribution >= 0.6 is 22.8 Å². The van der Waals surface area contributed by atoms with Crippen molar-refractivity contribution in [1.29, 1.82) is 0 Å². The van der Waals surface area contributed by atoms with E-state index in [-0.39, 0.29) is 65.4 Å². The molecule has 1 rings (SSSR count). The third-order valence-corrected chi connectivity index (χ3v) is 7.14. The van der Waals surface area contributed by atoms with Gasteiger partial charge in [-0.2, -0.15) is 0 Å². The summed E-state index contributed by atoms with van der Waals surface area (Å²) >= 11 is 0. The zero-order chi connectivity index (χ0) is 26.0. The molecule has 0 aromatic carbocycles. The Morgan fingerprint density at radius 3 is 1.21 bits per heavy atom. The number of aldehydes is 1. The van der Waals surface area contributed by atoms with Crippen molar-refractivity contribution in [2.24, 2.45) is 0 Å². The molecule has 0 aliphatic carbocycles. The van der Waals surface area contributed by atoms with Crippen LogP contribution in [-0.4, -0.2) is 145 Å². The van der Waals surface area contributed by atoms with Crippen LogP contribution in [0.2, 0.25) is 0 Å². The van der Waals surface area contributed by atoms with E-state index < -0.39 is 47.6 Å². The highest BCUT2D eigenvalue weighted by Gasteiger charge is 2.26. The van der Waals surface area contributed by atoms with Crippen LogP contribution < -0.4 is 5.32 Å². The first kappa shape index (κ1) is 31.5. The molecule has 1 amide bonds. The van der Waals surface area contributed by atoms with Crippen molar-refractivity contribution < 1.29 is 52.6 Å². The minimum absolute atomic E-state index is 0.0364. The normalized spacial score (nSPS) is 19.8. The van der Waals surface area contributed by atoms with E-state index in [4.69, 9.17) is 0 Å². The average Bonchev–Trinajstić information content (AvgIpc) is 2.65. The summed E-state index contributed by atoms with van der Waals surface area (Å²) in [6, 6.07) is 0. The third-order valence-electron chi connectivity index (χ3n) is 4.83. The van der Waals surface area contributed by atoms with Gasteiger partial charge in [0.15, 0.2) is 0 Å². The van der Waals surface area contributed by atoms with Crippen LogP contribution in [0.4, 0.5) is 0 Å². The topological polar surface area (TPSA) is 232 Å². The number of nitrogens with one attached hydrogen (secondary N) is 1. The summed E-state index contributed by atoms with van der Waals surface area (Å²) in [7, 11) is -13.4. The fourth-order valence-corrected chi connectivity index (χ4v) is 5.77. The van der Waals surface area contributed by atoms with Crippen molar-refractivity contribution in [1.82, 2.24) is 24.9 Å². The van der Waals surface area contributed by atoms with Crippen molar-refractivity contribution in [2.45, 2.75) is 0 Å². The molecule has 34 heavy (non-hydrogen) atoms. The van der Waals surface area contributed by atoms with Crippen LogP contribution in [-0.2, 0) is 23.3 Å². The molecular formula is C15H34N5O11P3. The standard InChI is InChI=1S/C15H34N5O11P3/c21-10-1-16-15(22)11-17-2-4-18(12-32(23,24)25)6-8-20(14-34(29,30)31)9-7-19(5-3-17)13-33(26,27)28/h10H,1-9,11-14H2,(H,16,22)(H2,23,24,25)(H2,26,27,28)(H2,29,30,31). The minimum Gasteiger partial charge on any atom is -0.348 e. The van der Waals surface area contributed by atoms with Gasteiger partial charge < -0.3 is 39.5 Å². The van der Waals surface area contributed by atoms with Crippen LogP contribution in [0.3, 0.4) is 0 Å². The molecule has 0 radical (unpaired) electrons. The van der Waals surface area contributed by atoms with Crippen molar-refractivity contribution in [3.05, 3.63) is 0 Å². The number of carbonyl (C=O) groups excluding carboxylic acids is 2. The van der Waals surface area contributed by atoms with Gasteiger partial charge in [-0.3, -0.25) is 38.1 Å². The lowest BCUT2D eigenvalue weighted by atomic mass is 10.3. The van der Waals surface area contributed by atoms with Crippen LogP contribution in [0.5, 0.6) is 0 Å². The highest BCUT2D eigenvalue weighted by molar-refractivity contribution is 7.52.